The van der Waals surface area contributed by atoms with E-state index in [0.717, 1.165) is 37.6 Å². The average Bonchev–Trinajstić information content (AvgIpc) is 2.45. The van der Waals surface area contributed by atoms with Crippen molar-refractivity contribution in [2.45, 2.75) is 39.5 Å². The predicted molar refractivity (Wildman–Crippen MR) is 87.3 cm³/mol. The van der Waals surface area contributed by atoms with Gasteiger partial charge in [-0.2, -0.15) is 4.98 Å². The summed E-state index contributed by atoms with van der Waals surface area (Å²) in [6.07, 6.45) is 4.83. The molecular formula is C14H23N5S. The number of anilines is 2. The summed E-state index contributed by atoms with van der Waals surface area (Å²) in [6, 6.07) is 2.04. The van der Waals surface area contributed by atoms with E-state index in [-0.39, 0.29) is 0 Å². The van der Waals surface area contributed by atoms with Crippen LogP contribution in [0.5, 0.6) is 0 Å². The fraction of sp³-hybridized carbons (Fsp3) is 0.643. The Balaban J connectivity index is 2.05. The van der Waals surface area contributed by atoms with Crippen LogP contribution in [0.2, 0.25) is 0 Å². The number of aromatic nitrogens is 2. The molecule has 6 heteroatoms. The molecule has 0 unspecified atom stereocenters. The van der Waals surface area contributed by atoms with Crippen LogP contribution in [-0.4, -0.2) is 34.7 Å². The smallest absolute Gasteiger partial charge is 0.231 e. The molecule has 2 rings (SSSR count). The average molecular weight is 293 g/mol. The van der Waals surface area contributed by atoms with Gasteiger partial charge in [0.2, 0.25) is 5.95 Å². The van der Waals surface area contributed by atoms with Crippen LogP contribution >= 0.6 is 12.2 Å². The number of rotatable bonds is 4. The maximum atomic E-state index is 5.23. The summed E-state index contributed by atoms with van der Waals surface area (Å²) in [5.74, 6) is 1.58. The first-order valence-corrected chi connectivity index (χ1v) is 7.75. The number of thiocarbonyl (C=S) groups is 1. The van der Waals surface area contributed by atoms with Crippen LogP contribution in [-0.2, 0) is 0 Å². The van der Waals surface area contributed by atoms with Gasteiger partial charge >= 0.3 is 0 Å². The van der Waals surface area contributed by atoms with Crippen molar-refractivity contribution >= 4 is 29.1 Å². The number of nitrogens with one attached hydrogen (secondary N) is 2. The molecular weight excluding hydrogens is 270 g/mol. The first-order chi connectivity index (χ1) is 9.69. The minimum atomic E-state index is 0.583. The zero-order chi connectivity index (χ0) is 14.4. The number of aryl methyl sites for hydroxylation is 1. The quantitative estimate of drug-likeness (QED) is 0.832. The molecule has 0 radical (unpaired) electrons. The van der Waals surface area contributed by atoms with E-state index in [1.165, 1.54) is 19.3 Å². The maximum Gasteiger partial charge on any atom is 0.231 e. The van der Waals surface area contributed by atoms with E-state index in [0.29, 0.717) is 11.1 Å². The fourth-order valence-electron chi connectivity index (χ4n) is 2.28. The molecule has 110 valence electrons. The third-order valence-corrected chi connectivity index (χ3v) is 3.53. The van der Waals surface area contributed by atoms with Gasteiger partial charge in [0, 0.05) is 31.4 Å². The topological polar surface area (TPSA) is 53.1 Å². The lowest BCUT2D eigenvalue weighted by atomic mass is 10.1. The summed E-state index contributed by atoms with van der Waals surface area (Å²) in [5, 5.41) is 6.78. The van der Waals surface area contributed by atoms with Crippen molar-refractivity contribution in [3.05, 3.63) is 11.8 Å². The normalized spacial score (nSPS) is 15.0. The molecule has 1 aliphatic heterocycles. The van der Waals surface area contributed by atoms with Gasteiger partial charge in [0.05, 0.1) is 0 Å². The first-order valence-electron chi connectivity index (χ1n) is 7.34. The molecule has 2 heterocycles. The van der Waals surface area contributed by atoms with Crippen molar-refractivity contribution in [2.75, 3.05) is 29.9 Å². The van der Waals surface area contributed by atoms with E-state index in [4.69, 9.17) is 12.2 Å². The zero-order valence-electron chi connectivity index (χ0n) is 12.3. The van der Waals surface area contributed by atoms with Gasteiger partial charge in [-0.15, -0.1) is 0 Å². The molecule has 0 saturated carbocycles. The standard InChI is InChI=1S/C14H23N5S/c1-3-7-15-14(20)18-13-16-11(2)10-12(17-13)19-8-5-4-6-9-19/h10H,3-9H2,1-2H3,(H2,15,16,17,18,20). The van der Waals surface area contributed by atoms with Crippen molar-refractivity contribution in [2.24, 2.45) is 0 Å². The highest BCUT2D eigenvalue weighted by Gasteiger charge is 2.14. The Hall–Kier alpha value is -1.43. The van der Waals surface area contributed by atoms with E-state index in [1.807, 2.05) is 13.0 Å². The van der Waals surface area contributed by atoms with E-state index in [9.17, 15) is 0 Å². The van der Waals surface area contributed by atoms with E-state index < -0.39 is 0 Å². The predicted octanol–water partition coefficient (Wildman–Crippen LogP) is 2.47. The second kappa shape index (κ2) is 7.38. The van der Waals surface area contributed by atoms with Crippen molar-refractivity contribution in [1.82, 2.24) is 15.3 Å². The minimum absolute atomic E-state index is 0.583. The van der Waals surface area contributed by atoms with Gasteiger partial charge in [-0.05, 0) is 44.8 Å². The second-order valence-electron chi connectivity index (χ2n) is 5.12. The number of hydrogen-bond acceptors (Lipinski definition) is 4. The van der Waals surface area contributed by atoms with Gasteiger partial charge in [-0.25, -0.2) is 4.98 Å². The van der Waals surface area contributed by atoms with Crippen molar-refractivity contribution in [3.63, 3.8) is 0 Å². The lowest BCUT2D eigenvalue weighted by Crippen LogP contribution is -2.32. The SMILES string of the molecule is CCCNC(=S)Nc1nc(C)cc(N2CCCCC2)n1. The maximum absolute atomic E-state index is 5.23. The summed E-state index contributed by atoms with van der Waals surface area (Å²) in [6.45, 7) is 7.11. The highest BCUT2D eigenvalue weighted by atomic mass is 32.1. The molecule has 1 aromatic rings. The van der Waals surface area contributed by atoms with Gasteiger partial charge < -0.3 is 15.5 Å². The third kappa shape index (κ3) is 4.30. The monoisotopic (exact) mass is 293 g/mol. The molecule has 0 amide bonds. The van der Waals surface area contributed by atoms with Crippen LogP contribution in [0, 0.1) is 6.92 Å². The Morgan fingerprint density at radius 1 is 1.30 bits per heavy atom. The molecule has 20 heavy (non-hydrogen) atoms. The van der Waals surface area contributed by atoms with Crippen molar-refractivity contribution in [1.29, 1.82) is 0 Å². The van der Waals surface area contributed by atoms with Gasteiger partial charge in [0.25, 0.3) is 0 Å². The van der Waals surface area contributed by atoms with Gasteiger partial charge in [0.15, 0.2) is 5.11 Å². The molecule has 1 fully saturated rings. The summed E-state index contributed by atoms with van der Waals surface area (Å²) in [5.41, 5.74) is 0.960. The van der Waals surface area contributed by atoms with E-state index >= 15 is 0 Å². The molecule has 0 aromatic carbocycles. The van der Waals surface area contributed by atoms with Crippen molar-refractivity contribution < 1.29 is 0 Å². The Morgan fingerprint density at radius 2 is 2.05 bits per heavy atom. The third-order valence-electron chi connectivity index (χ3n) is 3.28. The Bertz CT molecular complexity index is 457. The molecule has 2 N–H and O–H groups in total. The molecule has 0 spiro atoms. The molecule has 0 atom stereocenters. The largest absolute Gasteiger partial charge is 0.362 e. The van der Waals surface area contributed by atoms with E-state index in [2.05, 4.69) is 32.4 Å². The van der Waals surface area contributed by atoms with Crippen molar-refractivity contribution in [3.8, 4) is 0 Å². The highest BCUT2D eigenvalue weighted by Crippen LogP contribution is 2.19. The molecule has 0 aliphatic carbocycles. The van der Waals surface area contributed by atoms with Crippen LogP contribution in [0.25, 0.3) is 0 Å². The summed E-state index contributed by atoms with van der Waals surface area (Å²) in [4.78, 5) is 11.3. The van der Waals surface area contributed by atoms with Crippen LogP contribution in [0.1, 0.15) is 38.3 Å². The summed E-state index contributed by atoms with van der Waals surface area (Å²) < 4.78 is 0. The van der Waals surface area contributed by atoms with Gasteiger partial charge in [0.1, 0.15) is 5.82 Å². The zero-order valence-corrected chi connectivity index (χ0v) is 13.1. The Morgan fingerprint density at radius 3 is 2.75 bits per heavy atom. The van der Waals surface area contributed by atoms with Crippen LogP contribution in [0.15, 0.2) is 6.07 Å². The Labute approximate surface area is 126 Å². The first kappa shape index (κ1) is 15.0. The molecule has 1 aromatic heterocycles. The highest BCUT2D eigenvalue weighted by molar-refractivity contribution is 7.80. The molecule has 5 nitrogen and oxygen atoms in total. The number of hydrogen-bond donors (Lipinski definition) is 2. The second-order valence-corrected chi connectivity index (χ2v) is 5.53. The fourth-order valence-corrected chi connectivity index (χ4v) is 2.47. The Kier molecular flexibility index (Phi) is 5.52. The van der Waals surface area contributed by atoms with Gasteiger partial charge in [-0.3, -0.25) is 0 Å². The summed E-state index contributed by atoms with van der Waals surface area (Å²) in [7, 11) is 0. The number of nitrogens with zero attached hydrogens (tertiary/aromatic N) is 3. The summed E-state index contributed by atoms with van der Waals surface area (Å²) >= 11 is 5.23. The van der Waals surface area contributed by atoms with E-state index in [1.54, 1.807) is 0 Å². The molecule has 1 saturated heterocycles. The van der Waals surface area contributed by atoms with Gasteiger partial charge in [-0.1, -0.05) is 6.92 Å². The minimum Gasteiger partial charge on any atom is -0.362 e. The molecule has 0 bridgehead atoms. The van der Waals surface area contributed by atoms with Crippen LogP contribution < -0.4 is 15.5 Å². The molecule has 1 aliphatic rings. The number of piperidine rings is 1. The van der Waals surface area contributed by atoms with Crippen LogP contribution in [0.4, 0.5) is 11.8 Å². The van der Waals surface area contributed by atoms with Crippen LogP contribution in [0.3, 0.4) is 0 Å². The lowest BCUT2D eigenvalue weighted by molar-refractivity contribution is 0.573. The lowest BCUT2D eigenvalue weighted by Gasteiger charge is -2.28.